The molecule has 1 heterocycles. The minimum absolute atomic E-state index is 0.0735. The van der Waals surface area contributed by atoms with Crippen LogP contribution in [0.5, 0.6) is 5.75 Å². The number of ether oxygens (including phenoxy) is 1. The van der Waals surface area contributed by atoms with Crippen molar-refractivity contribution in [2.75, 3.05) is 12.5 Å². The molecule has 2 rings (SSSR count). The van der Waals surface area contributed by atoms with Crippen LogP contribution in [0, 0.1) is 0 Å². The second-order valence-corrected chi connectivity index (χ2v) is 5.97. The smallest absolute Gasteiger partial charge is 0.242 e. The Hall–Kier alpha value is -2.16. The highest BCUT2D eigenvalue weighted by Gasteiger charge is 2.14. The van der Waals surface area contributed by atoms with Gasteiger partial charge in [0.25, 0.3) is 0 Å². The number of pyridine rings is 1. The van der Waals surface area contributed by atoms with E-state index in [1.165, 1.54) is 18.3 Å². The summed E-state index contributed by atoms with van der Waals surface area (Å²) in [7, 11) is -2.07. The summed E-state index contributed by atoms with van der Waals surface area (Å²) in [4.78, 5) is 3.94. The first-order valence-electron chi connectivity index (χ1n) is 6.10. The van der Waals surface area contributed by atoms with Gasteiger partial charge in [0, 0.05) is 12.7 Å². The lowest BCUT2D eigenvalue weighted by atomic mass is 10.2. The fourth-order valence-electron chi connectivity index (χ4n) is 1.67. The van der Waals surface area contributed by atoms with Crippen LogP contribution in [0.1, 0.15) is 5.56 Å². The maximum Gasteiger partial charge on any atom is 0.242 e. The van der Waals surface area contributed by atoms with Crippen LogP contribution < -0.4 is 20.7 Å². The number of sulfonamides is 1. The van der Waals surface area contributed by atoms with Crippen molar-refractivity contribution in [3.05, 3.63) is 48.2 Å². The van der Waals surface area contributed by atoms with E-state index in [4.69, 9.17) is 10.6 Å². The minimum Gasteiger partial charge on any atom is -0.497 e. The normalized spacial score (nSPS) is 11.1. The molecule has 0 saturated heterocycles. The molecule has 0 aliphatic rings. The van der Waals surface area contributed by atoms with Crippen LogP contribution in [0.2, 0.25) is 0 Å². The molecule has 0 unspecified atom stereocenters. The molecule has 2 aromatic rings. The molecule has 0 radical (unpaired) electrons. The zero-order valence-corrected chi connectivity index (χ0v) is 12.2. The standard InChI is InChI=1S/C13H16N4O3S/c1-20-11-4-2-3-10(7-11)8-16-21(18,19)12-5-6-13(17-14)15-9-12/h2-7,9,16H,8,14H2,1H3,(H,15,17). The number of nitrogens with two attached hydrogens (primary N) is 1. The first-order valence-corrected chi connectivity index (χ1v) is 7.59. The Morgan fingerprint density at radius 2 is 2.10 bits per heavy atom. The highest BCUT2D eigenvalue weighted by atomic mass is 32.2. The first-order chi connectivity index (χ1) is 10.0. The number of hydrogen-bond acceptors (Lipinski definition) is 6. The van der Waals surface area contributed by atoms with Crippen molar-refractivity contribution in [1.29, 1.82) is 0 Å². The van der Waals surface area contributed by atoms with Gasteiger partial charge in [-0.05, 0) is 29.8 Å². The number of aromatic nitrogens is 1. The van der Waals surface area contributed by atoms with E-state index in [2.05, 4.69) is 15.1 Å². The number of anilines is 1. The van der Waals surface area contributed by atoms with Gasteiger partial charge in [-0.2, -0.15) is 0 Å². The van der Waals surface area contributed by atoms with E-state index in [0.717, 1.165) is 5.56 Å². The van der Waals surface area contributed by atoms with Gasteiger partial charge >= 0.3 is 0 Å². The van der Waals surface area contributed by atoms with Crippen molar-refractivity contribution in [3.63, 3.8) is 0 Å². The van der Waals surface area contributed by atoms with Gasteiger partial charge in [-0.25, -0.2) is 24.0 Å². The quantitative estimate of drug-likeness (QED) is 0.539. The molecule has 1 aromatic carbocycles. The van der Waals surface area contributed by atoms with Crippen molar-refractivity contribution in [2.24, 2.45) is 5.84 Å². The van der Waals surface area contributed by atoms with Crippen molar-refractivity contribution < 1.29 is 13.2 Å². The summed E-state index contributed by atoms with van der Waals surface area (Å²) in [6.45, 7) is 0.163. The van der Waals surface area contributed by atoms with Crippen LogP contribution in [0.4, 0.5) is 5.82 Å². The van der Waals surface area contributed by atoms with Crippen molar-refractivity contribution in [2.45, 2.75) is 11.4 Å². The van der Waals surface area contributed by atoms with E-state index in [9.17, 15) is 8.42 Å². The summed E-state index contributed by atoms with van der Waals surface area (Å²) in [5.41, 5.74) is 3.13. The van der Waals surface area contributed by atoms with Gasteiger partial charge in [-0.1, -0.05) is 12.1 Å². The topological polar surface area (TPSA) is 106 Å². The lowest BCUT2D eigenvalue weighted by Gasteiger charge is -2.08. The minimum atomic E-state index is -3.62. The first kappa shape index (κ1) is 15.2. The highest BCUT2D eigenvalue weighted by molar-refractivity contribution is 7.89. The summed E-state index contributed by atoms with van der Waals surface area (Å²) in [5.74, 6) is 6.24. The van der Waals surface area contributed by atoms with Crippen LogP contribution >= 0.6 is 0 Å². The van der Waals surface area contributed by atoms with Crippen LogP contribution in [0.3, 0.4) is 0 Å². The fraction of sp³-hybridized carbons (Fsp3) is 0.154. The SMILES string of the molecule is COc1cccc(CNS(=O)(=O)c2ccc(NN)nc2)c1. The molecule has 0 aliphatic carbocycles. The Balaban J connectivity index is 2.09. The number of hydrazine groups is 1. The molecule has 21 heavy (non-hydrogen) atoms. The molecule has 0 bridgehead atoms. The number of benzene rings is 1. The molecule has 112 valence electrons. The van der Waals surface area contributed by atoms with Gasteiger partial charge in [0.1, 0.15) is 16.5 Å². The average Bonchev–Trinajstić information content (AvgIpc) is 2.53. The summed E-state index contributed by atoms with van der Waals surface area (Å²) < 4.78 is 31.8. The van der Waals surface area contributed by atoms with Crippen LogP contribution in [-0.4, -0.2) is 20.5 Å². The zero-order valence-electron chi connectivity index (χ0n) is 11.4. The number of rotatable bonds is 6. The predicted molar refractivity (Wildman–Crippen MR) is 79.1 cm³/mol. The van der Waals surface area contributed by atoms with E-state index < -0.39 is 10.0 Å². The van der Waals surface area contributed by atoms with E-state index in [-0.39, 0.29) is 11.4 Å². The maximum absolute atomic E-state index is 12.1. The lowest BCUT2D eigenvalue weighted by Crippen LogP contribution is -2.23. The molecule has 0 saturated carbocycles. The highest BCUT2D eigenvalue weighted by Crippen LogP contribution is 2.14. The number of nitrogen functional groups attached to an aromatic ring is 1. The van der Waals surface area contributed by atoms with Crippen molar-refractivity contribution >= 4 is 15.8 Å². The molecule has 0 fully saturated rings. The van der Waals surface area contributed by atoms with E-state index in [0.29, 0.717) is 11.6 Å². The van der Waals surface area contributed by atoms with E-state index in [1.807, 2.05) is 6.07 Å². The monoisotopic (exact) mass is 308 g/mol. The molecule has 1 aromatic heterocycles. The second-order valence-electron chi connectivity index (χ2n) is 4.20. The summed E-state index contributed by atoms with van der Waals surface area (Å²) in [6.07, 6.45) is 1.24. The molecule has 7 nitrogen and oxygen atoms in total. The Morgan fingerprint density at radius 3 is 2.71 bits per heavy atom. The van der Waals surface area contributed by atoms with Gasteiger partial charge < -0.3 is 10.2 Å². The Labute approximate surface area is 123 Å². The van der Waals surface area contributed by atoms with Gasteiger partial charge in [-0.3, -0.25) is 0 Å². The third-order valence-electron chi connectivity index (χ3n) is 2.79. The van der Waals surface area contributed by atoms with Crippen LogP contribution in [0.15, 0.2) is 47.5 Å². The fourth-order valence-corrected chi connectivity index (χ4v) is 2.63. The van der Waals surface area contributed by atoms with Gasteiger partial charge in [0.05, 0.1) is 7.11 Å². The van der Waals surface area contributed by atoms with Crippen molar-refractivity contribution in [3.8, 4) is 5.75 Å². The molecule has 0 spiro atoms. The van der Waals surface area contributed by atoms with Crippen LogP contribution in [-0.2, 0) is 16.6 Å². The second kappa shape index (κ2) is 6.53. The average molecular weight is 308 g/mol. The number of hydrogen-bond donors (Lipinski definition) is 3. The summed E-state index contributed by atoms with van der Waals surface area (Å²) in [6, 6.07) is 10.1. The predicted octanol–water partition coefficient (Wildman–Crippen LogP) is 0.854. The molecule has 0 aliphatic heterocycles. The Bertz CT molecular complexity index is 702. The van der Waals surface area contributed by atoms with Crippen molar-refractivity contribution in [1.82, 2.24) is 9.71 Å². The lowest BCUT2D eigenvalue weighted by molar-refractivity contribution is 0.414. The molecular weight excluding hydrogens is 292 g/mol. The Kier molecular flexibility index (Phi) is 4.73. The summed E-state index contributed by atoms with van der Waals surface area (Å²) in [5, 5.41) is 0. The molecule has 0 atom stereocenters. The van der Waals surface area contributed by atoms with Crippen LogP contribution in [0.25, 0.3) is 0 Å². The third-order valence-corrected chi connectivity index (χ3v) is 4.18. The maximum atomic E-state index is 12.1. The molecule has 8 heteroatoms. The van der Waals surface area contributed by atoms with Gasteiger partial charge in [0.15, 0.2) is 0 Å². The largest absolute Gasteiger partial charge is 0.497 e. The van der Waals surface area contributed by atoms with E-state index >= 15 is 0 Å². The molecule has 0 amide bonds. The molecule has 4 N–H and O–H groups in total. The number of nitrogens with zero attached hydrogens (tertiary/aromatic N) is 1. The third kappa shape index (κ3) is 3.91. The van der Waals surface area contributed by atoms with Gasteiger partial charge in [-0.15, -0.1) is 0 Å². The summed E-state index contributed by atoms with van der Waals surface area (Å²) >= 11 is 0. The van der Waals surface area contributed by atoms with Gasteiger partial charge in [0.2, 0.25) is 10.0 Å². The number of nitrogens with one attached hydrogen (secondary N) is 2. The van der Waals surface area contributed by atoms with E-state index in [1.54, 1.807) is 25.3 Å². The Morgan fingerprint density at radius 1 is 1.29 bits per heavy atom. The number of methoxy groups -OCH3 is 1. The zero-order chi connectivity index (χ0) is 15.3. The molecular formula is C13H16N4O3S.